The lowest BCUT2D eigenvalue weighted by molar-refractivity contribution is -0.141. The lowest BCUT2D eigenvalue weighted by Gasteiger charge is -2.28. The van der Waals surface area contributed by atoms with Crippen molar-refractivity contribution < 1.29 is 35.9 Å². The Balaban J connectivity index is 1.48. The van der Waals surface area contributed by atoms with E-state index in [0.717, 1.165) is 22.7 Å². The van der Waals surface area contributed by atoms with Crippen LogP contribution in [0, 0.1) is 5.82 Å². The number of alkyl halides is 5. The number of nitrogens with zero attached hydrogens (tertiary/aromatic N) is 5. The van der Waals surface area contributed by atoms with Gasteiger partial charge in [0.1, 0.15) is 23.6 Å². The molecule has 0 bridgehead atoms. The summed E-state index contributed by atoms with van der Waals surface area (Å²) >= 11 is 0. The molecule has 14 heteroatoms. The summed E-state index contributed by atoms with van der Waals surface area (Å²) in [4.78, 5) is 26.5. The number of carbonyl (C=O) groups excluding carboxylic acids is 1. The second kappa shape index (κ2) is 9.24. The van der Waals surface area contributed by atoms with Gasteiger partial charge in [-0.25, -0.2) is 18.2 Å². The maximum Gasteiger partial charge on any atom is 0.433 e. The first-order valence-electron chi connectivity index (χ1n) is 12.4. The molecule has 0 saturated carbocycles. The Kier molecular flexibility index (Phi) is 6.04. The molecule has 0 radical (unpaired) electrons. The molecule has 2 aliphatic heterocycles. The Hall–Kier alpha value is -4.10. The highest BCUT2D eigenvalue weighted by atomic mass is 19.4. The van der Waals surface area contributed by atoms with Crippen LogP contribution < -0.4 is 10.5 Å². The molecule has 0 unspecified atom stereocenters. The summed E-state index contributed by atoms with van der Waals surface area (Å²) in [5, 5.41) is 0. The Labute approximate surface area is 224 Å². The number of aromatic nitrogens is 4. The molecule has 0 atom stereocenters. The lowest BCUT2D eigenvalue weighted by Crippen LogP contribution is -2.40. The summed E-state index contributed by atoms with van der Waals surface area (Å²) < 4.78 is 90.3. The van der Waals surface area contributed by atoms with Crippen molar-refractivity contribution in [2.45, 2.75) is 38.3 Å². The van der Waals surface area contributed by atoms with Gasteiger partial charge in [0, 0.05) is 49.0 Å². The number of fused-ring (bicyclic) bond motifs is 3. The van der Waals surface area contributed by atoms with Crippen LogP contribution in [0.3, 0.4) is 0 Å². The van der Waals surface area contributed by atoms with Crippen molar-refractivity contribution >= 4 is 24.4 Å². The number of pyridine rings is 1. The van der Waals surface area contributed by atoms with E-state index < -0.39 is 36.8 Å². The fraction of sp³-hybridized carbons (Fsp3) is 0.308. The van der Waals surface area contributed by atoms with Crippen molar-refractivity contribution in [3.63, 3.8) is 0 Å². The van der Waals surface area contributed by atoms with Crippen LogP contribution in [0.4, 0.5) is 26.3 Å². The van der Waals surface area contributed by atoms with Crippen LogP contribution in [0.25, 0.3) is 16.6 Å². The van der Waals surface area contributed by atoms with Crippen molar-refractivity contribution in [2.24, 2.45) is 0 Å². The van der Waals surface area contributed by atoms with E-state index in [1.54, 1.807) is 6.07 Å². The quantitative estimate of drug-likeness (QED) is 0.275. The summed E-state index contributed by atoms with van der Waals surface area (Å²) in [6.07, 6.45) is -0.244. The number of hydrogen-bond acceptors (Lipinski definition) is 5. The molecule has 2 aliphatic rings. The van der Waals surface area contributed by atoms with Gasteiger partial charge in [0.15, 0.2) is 5.69 Å². The molecular weight excluding hydrogens is 539 g/mol. The molecule has 0 saturated heterocycles. The molecule has 40 heavy (non-hydrogen) atoms. The number of benzene rings is 1. The van der Waals surface area contributed by atoms with Gasteiger partial charge in [0.2, 0.25) is 7.28 Å². The van der Waals surface area contributed by atoms with Gasteiger partial charge in [-0.3, -0.25) is 19.2 Å². The van der Waals surface area contributed by atoms with Gasteiger partial charge >= 0.3 is 6.18 Å². The van der Waals surface area contributed by atoms with E-state index in [2.05, 4.69) is 15.0 Å². The van der Waals surface area contributed by atoms with E-state index in [1.807, 2.05) is 0 Å². The van der Waals surface area contributed by atoms with Crippen molar-refractivity contribution in [1.82, 2.24) is 24.3 Å². The molecule has 5 heterocycles. The molecule has 0 spiro atoms. The number of ether oxygens (including phenoxy) is 1. The fourth-order valence-electron chi connectivity index (χ4n) is 5.34. The van der Waals surface area contributed by atoms with E-state index in [4.69, 9.17) is 4.74 Å². The Morgan fingerprint density at radius 3 is 2.60 bits per heavy atom. The third-order valence-corrected chi connectivity index (χ3v) is 7.07. The zero-order chi connectivity index (χ0) is 28.4. The summed E-state index contributed by atoms with van der Waals surface area (Å²) in [6.45, 7) is -0.463. The predicted octanol–water partition coefficient (Wildman–Crippen LogP) is 3.76. The number of imidazole rings is 1. The number of rotatable bonds is 5. The number of carbonyl (C=O) groups is 1. The smallest absolute Gasteiger partial charge is 0.433 e. The molecule has 206 valence electrons. The average Bonchev–Trinajstić information content (AvgIpc) is 3.53. The summed E-state index contributed by atoms with van der Waals surface area (Å²) in [6, 6.07) is 3.68. The van der Waals surface area contributed by atoms with Crippen LogP contribution >= 0.6 is 0 Å². The highest BCUT2D eigenvalue weighted by molar-refractivity contribution is 6.51. The largest absolute Gasteiger partial charge is 0.493 e. The van der Waals surface area contributed by atoms with Crippen LogP contribution in [0.1, 0.15) is 39.8 Å². The van der Waals surface area contributed by atoms with Gasteiger partial charge in [-0.15, -0.1) is 0 Å². The second-order valence-electron chi connectivity index (χ2n) is 9.96. The van der Waals surface area contributed by atoms with Crippen molar-refractivity contribution in [3.8, 4) is 16.9 Å². The number of amides is 1. The van der Waals surface area contributed by atoms with Crippen molar-refractivity contribution in [3.05, 3.63) is 70.8 Å². The summed E-state index contributed by atoms with van der Waals surface area (Å²) in [5.74, 6) is -3.94. The highest BCUT2D eigenvalue weighted by Crippen LogP contribution is 2.36. The third-order valence-electron chi connectivity index (χ3n) is 7.07. The lowest BCUT2D eigenvalue weighted by atomic mass is 9.69. The normalized spacial score (nSPS) is 15.0. The minimum absolute atomic E-state index is 0.00913. The van der Waals surface area contributed by atoms with E-state index in [9.17, 15) is 31.1 Å². The van der Waals surface area contributed by atoms with Crippen molar-refractivity contribution in [2.75, 3.05) is 13.2 Å². The predicted molar refractivity (Wildman–Crippen MR) is 133 cm³/mol. The molecule has 1 aromatic carbocycles. The van der Waals surface area contributed by atoms with Gasteiger partial charge in [-0.05, 0) is 35.6 Å². The fourth-order valence-corrected chi connectivity index (χ4v) is 5.34. The Bertz CT molecular complexity index is 1670. The molecule has 0 aliphatic carbocycles. The van der Waals surface area contributed by atoms with Crippen LogP contribution in [0.5, 0.6) is 5.75 Å². The van der Waals surface area contributed by atoms with E-state index in [1.165, 1.54) is 23.0 Å². The molecule has 0 fully saturated rings. The molecular formula is C26H20BF6N5O2. The zero-order valence-electron chi connectivity index (χ0n) is 21.0. The van der Waals surface area contributed by atoms with Crippen LogP contribution in [0.2, 0.25) is 0 Å². The number of hydrogen-bond donors (Lipinski definition) is 0. The molecule has 6 rings (SSSR count). The average molecular weight is 559 g/mol. The van der Waals surface area contributed by atoms with E-state index in [0.29, 0.717) is 37.0 Å². The maximum absolute atomic E-state index is 14.7. The molecule has 3 aromatic heterocycles. The maximum atomic E-state index is 14.7. The first-order valence-corrected chi connectivity index (χ1v) is 12.4. The SMILES string of the molecule is CC(F)(F)CN1Cc2cc(C(F)(F)F)ncc2-c2cnc(BCc3c(F)ccc4c3CCO4)n3cnc(c23)C1=O. The molecule has 7 nitrogen and oxygen atoms in total. The van der Waals surface area contributed by atoms with Crippen molar-refractivity contribution in [1.29, 1.82) is 0 Å². The van der Waals surface area contributed by atoms with Gasteiger partial charge in [-0.1, -0.05) is 0 Å². The minimum Gasteiger partial charge on any atom is -0.493 e. The number of halogens is 6. The Morgan fingerprint density at radius 1 is 1.07 bits per heavy atom. The van der Waals surface area contributed by atoms with E-state index >= 15 is 0 Å². The third kappa shape index (κ3) is 4.54. The topological polar surface area (TPSA) is 72.6 Å². The summed E-state index contributed by atoms with van der Waals surface area (Å²) in [7, 11) is 0.225. The first-order chi connectivity index (χ1) is 18.9. The van der Waals surface area contributed by atoms with Crippen LogP contribution in [-0.4, -0.2) is 56.5 Å². The zero-order valence-corrected chi connectivity index (χ0v) is 21.0. The molecule has 1 amide bonds. The van der Waals surface area contributed by atoms with E-state index in [-0.39, 0.29) is 47.3 Å². The minimum atomic E-state index is -4.78. The van der Waals surface area contributed by atoms with Gasteiger partial charge in [0.25, 0.3) is 11.8 Å². The Morgan fingerprint density at radius 2 is 1.85 bits per heavy atom. The van der Waals surface area contributed by atoms with Gasteiger partial charge in [0.05, 0.1) is 24.4 Å². The second-order valence-corrected chi connectivity index (χ2v) is 9.96. The van der Waals surface area contributed by atoms with Gasteiger partial charge < -0.3 is 9.64 Å². The van der Waals surface area contributed by atoms with Crippen LogP contribution in [-0.2, 0) is 25.5 Å². The highest BCUT2D eigenvalue weighted by Gasteiger charge is 2.37. The van der Waals surface area contributed by atoms with Gasteiger partial charge in [-0.2, -0.15) is 13.2 Å². The standard InChI is InChI=1S/C26H20BF6N5O2/c1-25(29,30)11-37-10-13-6-20(26(31,32)33)34-8-16(13)17-9-35-24(38-12-36-21(22(17)38)23(37)39)27-7-15-14-4-5-40-19(14)3-2-18(15)28/h2-3,6,8-9,12,27H,4-5,7,10-11H2,1H3. The van der Waals surface area contributed by atoms with Crippen LogP contribution in [0.15, 0.2) is 36.9 Å². The first kappa shape index (κ1) is 26.1. The molecule has 4 aromatic rings. The summed E-state index contributed by atoms with van der Waals surface area (Å²) in [5.41, 5.74) is 0.984. The monoisotopic (exact) mass is 559 g/mol. The molecule has 0 N–H and O–H groups in total.